The van der Waals surface area contributed by atoms with Gasteiger partial charge in [0.1, 0.15) is 5.75 Å². The first kappa shape index (κ1) is 16.3. The van der Waals surface area contributed by atoms with Crippen molar-refractivity contribution in [2.75, 3.05) is 26.8 Å². The number of amides is 1. The Morgan fingerprint density at radius 2 is 2.00 bits per heavy atom. The number of nitrogens with zero attached hydrogens (tertiary/aromatic N) is 1. The maximum absolute atomic E-state index is 12.8. The Labute approximate surface area is 138 Å². The standard InChI is InChI=1S/C19H27NO3/c1-3-23-16-9-7-15(8-10-16)18(21)20-13-5-12-19(14-20)11-4-6-17(19)22-2/h7-10,17H,3-6,11-14H2,1-2H3/t17-,19-/m1/s1. The van der Waals surface area contributed by atoms with Gasteiger partial charge in [0, 0.05) is 31.2 Å². The van der Waals surface area contributed by atoms with E-state index in [0.29, 0.717) is 12.7 Å². The normalized spacial score (nSPS) is 27.4. The van der Waals surface area contributed by atoms with E-state index in [9.17, 15) is 4.79 Å². The van der Waals surface area contributed by atoms with Crippen LogP contribution in [0, 0.1) is 5.41 Å². The summed E-state index contributed by atoms with van der Waals surface area (Å²) in [6.07, 6.45) is 6.07. The van der Waals surface area contributed by atoms with E-state index in [1.165, 1.54) is 19.3 Å². The summed E-state index contributed by atoms with van der Waals surface area (Å²) in [6.45, 7) is 4.28. The van der Waals surface area contributed by atoms with Crippen LogP contribution >= 0.6 is 0 Å². The molecule has 23 heavy (non-hydrogen) atoms. The Morgan fingerprint density at radius 3 is 2.70 bits per heavy atom. The molecule has 1 saturated heterocycles. The van der Waals surface area contributed by atoms with Crippen LogP contribution in [-0.2, 0) is 4.74 Å². The van der Waals surface area contributed by atoms with Gasteiger partial charge in [-0.3, -0.25) is 4.79 Å². The summed E-state index contributed by atoms with van der Waals surface area (Å²) >= 11 is 0. The molecule has 1 amide bonds. The van der Waals surface area contributed by atoms with Crippen molar-refractivity contribution >= 4 is 5.91 Å². The predicted molar refractivity (Wildman–Crippen MR) is 89.8 cm³/mol. The van der Waals surface area contributed by atoms with Crippen molar-refractivity contribution in [2.24, 2.45) is 5.41 Å². The van der Waals surface area contributed by atoms with Gasteiger partial charge in [-0.15, -0.1) is 0 Å². The van der Waals surface area contributed by atoms with Crippen LogP contribution in [0.4, 0.5) is 0 Å². The van der Waals surface area contributed by atoms with Crippen LogP contribution in [0.2, 0.25) is 0 Å². The van der Waals surface area contributed by atoms with E-state index in [-0.39, 0.29) is 11.3 Å². The van der Waals surface area contributed by atoms with Gasteiger partial charge in [0.05, 0.1) is 12.7 Å². The first-order chi connectivity index (χ1) is 11.2. The van der Waals surface area contributed by atoms with Crippen molar-refractivity contribution in [3.63, 3.8) is 0 Å². The van der Waals surface area contributed by atoms with Crippen LogP contribution in [0.25, 0.3) is 0 Å². The minimum Gasteiger partial charge on any atom is -0.494 e. The Balaban J connectivity index is 1.72. The molecule has 126 valence electrons. The van der Waals surface area contributed by atoms with Gasteiger partial charge < -0.3 is 14.4 Å². The van der Waals surface area contributed by atoms with Crippen LogP contribution < -0.4 is 4.74 Å². The van der Waals surface area contributed by atoms with Crippen molar-refractivity contribution in [3.8, 4) is 5.75 Å². The molecular formula is C19H27NO3. The van der Waals surface area contributed by atoms with Crippen molar-refractivity contribution in [1.29, 1.82) is 0 Å². The lowest BCUT2D eigenvalue weighted by atomic mass is 9.76. The first-order valence-electron chi connectivity index (χ1n) is 8.73. The zero-order valence-electron chi connectivity index (χ0n) is 14.2. The highest BCUT2D eigenvalue weighted by Crippen LogP contribution is 2.46. The molecule has 1 aliphatic carbocycles. The average Bonchev–Trinajstić information content (AvgIpc) is 2.97. The van der Waals surface area contributed by atoms with E-state index in [1.54, 1.807) is 0 Å². The number of likely N-dealkylation sites (tertiary alicyclic amines) is 1. The molecule has 4 heteroatoms. The summed E-state index contributed by atoms with van der Waals surface area (Å²) in [6, 6.07) is 7.50. The van der Waals surface area contributed by atoms with Crippen molar-refractivity contribution in [3.05, 3.63) is 29.8 Å². The highest BCUT2D eigenvalue weighted by molar-refractivity contribution is 5.94. The Hall–Kier alpha value is -1.55. The monoisotopic (exact) mass is 317 g/mol. The van der Waals surface area contributed by atoms with Crippen LogP contribution in [0.5, 0.6) is 5.75 Å². The summed E-state index contributed by atoms with van der Waals surface area (Å²) in [5.74, 6) is 0.947. The van der Waals surface area contributed by atoms with Crippen molar-refractivity contribution in [1.82, 2.24) is 4.90 Å². The maximum Gasteiger partial charge on any atom is 0.253 e. The molecule has 1 aliphatic heterocycles. The minimum atomic E-state index is 0.133. The fourth-order valence-corrected chi connectivity index (χ4v) is 4.32. The highest BCUT2D eigenvalue weighted by atomic mass is 16.5. The molecule has 0 bridgehead atoms. The summed E-state index contributed by atoms with van der Waals surface area (Å²) in [5, 5.41) is 0. The number of hydrogen-bond acceptors (Lipinski definition) is 3. The third kappa shape index (κ3) is 3.23. The zero-order chi connectivity index (χ0) is 16.3. The SMILES string of the molecule is CCOc1ccc(C(=O)N2CCC[C@]3(CCC[C@H]3OC)C2)cc1. The minimum absolute atomic E-state index is 0.133. The van der Waals surface area contributed by atoms with Crippen molar-refractivity contribution in [2.45, 2.75) is 45.1 Å². The molecule has 1 spiro atoms. The Kier molecular flexibility index (Phi) is 4.90. The lowest BCUT2D eigenvalue weighted by molar-refractivity contribution is -0.0295. The third-order valence-corrected chi connectivity index (χ3v) is 5.42. The number of ether oxygens (including phenoxy) is 2. The summed E-state index contributed by atoms with van der Waals surface area (Å²) < 4.78 is 11.2. The highest BCUT2D eigenvalue weighted by Gasteiger charge is 2.46. The van der Waals surface area contributed by atoms with Gasteiger partial charge in [0.2, 0.25) is 0 Å². The second kappa shape index (κ2) is 6.91. The lowest BCUT2D eigenvalue weighted by Crippen LogP contribution is -2.49. The van der Waals surface area contributed by atoms with Crippen molar-refractivity contribution < 1.29 is 14.3 Å². The van der Waals surface area contributed by atoms with Gasteiger partial charge >= 0.3 is 0 Å². The molecule has 1 heterocycles. The molecule has 0 unspecified atom stereocenters. The van der Waals surface area contributed by atoms with E-state index in [4.69, 9.17) is 9.47 Å². The molecule has 0 radical (unpaired) electrons. The Morgan fingerprint density at radius 1 is 1.26 bits per heavy atom. The molecule has 1 aromatic rings. The zero-order valence-corrected chi connectivity index (χ0v) is 14.2. The van der Waals surface area contributed by atoms with Crippen LogP contribution in [0.1, 0.15) is 49.4 Å². The van der Waals surface area contributed by atoms with Crippen LogP contribution in [0.15, 0.2) is 24.3 Å². The first-order valence-corrected chi connectivity index (χ1v) is 8.73. The van der Waals surface area contributed by atoms with Gasteiger partial charge in [-0.2, -0.15) is 0 Å². The molecule has 0 aromatic heterocycles. The predicted octanol–water partition coefficient (Wildman–Crippen LogP) is 3.51. The molecule has 1 saturated carbocycles. The van der Waals surface area contributed by atoms with E-state index in [1.807, 2.05) is 43.2 Å². The average molecular weight is 317 g/mol. The van der Waals surface area contributed by atoms with Gasteiger partial charge in [-0.1, -0.05) is 6.42 Å². The topological polar surface area (TPSA) is 38.8 Å². The number of hydrogen-bond donors (Lipinski definition) is 0. The molecule has 2 fully saturated rings. The second-order valence-corrected chi connectivity index (χ2v) is 6.77. The Bertz CT molecular complexity index is 542. The fourth-order valence-electron chi connectivity index (χ4n) is 4.32. The van der Waals surface area contributed by atoms with Crippen LogP contribution in [-0.4, -0.2) is 43.7 Å². The molecule has 1 aromatic carbocycles. The molecule has 0 N–H and O–H groups in total. The third-order valence-electron chi connectivity index (χ3n) is 5.42. The number of carbonyl (C=O) groups is 1. The lowest BCUT2D eigenvalue weighted by Gasteiger charge is -2.43. The smallest absolute Gasteiger partial charge is 0.253 e. The van der Waals surface area contributed by atoms with E-state index in [0.717, 1.165) is 37.2 Å². The fraction of sp³-hybridized carbons (Fsp3) is 0.632. The van der Waals surface area contributed by atoms with Gasteiger partial charge in [-0.25, -0.2) is 0 Å². The molecule has 4 nitrogen and oxygen atoms in total. The number of benzene rings is 1. The summed E-state index contributed by atoms with van der Waals surface area (Å²) in [5.41, 5.74) is 0.922. The number of methoxy groups -OCH3 is 1. The quantitative estimate of drug-likeness (QED) is 0.853. The van der Waals surface area contributed by atoms with Gasteiger partial charge in [0.25, 0.3) is 5.91 Å². The van der Waals surface area contributed by atoms with Crippen LogP contribution in [0.3, 0.4) is 0 Å². The van der Waals surface area contributed by atoms with Gasteiger partial charge in [-0.05, 0) is 56.9 Å². The maximum atomic E-state index is 12.8. The molecule has 2 aliphatic rings. The van der Waals surface area contributed by atoms with E-state index < -0.39 is 0 Å². The molecular weight excluding hydrogens is 290 g/mol. The van der Waals surface area contributed by atoms with E-state index in [2.05, 4.69) is 0 Å². The largest absolute Gasteiger partial charge is 0.494 e. The number of rotatable bonds is 4. The number of piperidine rings is 1. The summed E-state index contributed by atoms with van der Waals surface area (Å²) in [4.78, 5) is 14.9. The number of carbonyl (C=O) groups excluding carboxylic acids is 1. The molecule has 3 rings (SSSR count). The van der Waals surface area contributed by atoms with Gasteiger partial charge in [0.15, 0.2) is 0 Å². The van der Waals surface area contributed by atoms with E-state index >= 15 is 0 Å². The second-order valence-electron chi connectivity index (χ2n) is 6.77. The molecule has 2 atom stereocenters. The summed E-state index contributed by atoms with van der Waals surface area (Å²) in [7, 11) is 1.81.